The molecule has 0 aliphatic carbocycles. The van der Waals surface area contributed by atoms with Crippen molar-refractivity contribution in [3.05, 3.63) is 71.8 Å². The highest BCUT2D eigenvalue weighted by Crippen LogP contribution is 2.10. The lowest BCUT2D eigenvalue weighted by molar-refractivity contribution is -0.132. The summed E-state index contributed by atoms with van der Waals surface area (Å²) in [6.45, 7) is 3.98. The van der Waals surface area contributed by atoms with Crippen LogP contribution in [0.25, 0.3) is 0 Å². The molecule has 0 unspecified atom stereocenters. The summed E-state index contributed by atoms with van der Waals surface area (Å²) in [5.41, 5.74) is 12.5. The van der Waals surface area contributed by atoms with Crippen molar-refractivity contribution >= 4 is 23.7 Å². The largest absolute Gasteiger partial charge is 0.394 e. The van der Waals surface area contributed by atoms with Gasteiger partial charge in [0.05, 0.1) is 12.6 Å². The van der Waals surface area contributed by atoms with Crippen molar-refractivity contribution in [1.29, 1.82) is 0 Å². The summed E-state index contributed by atoms with van der Waals surface area (Å²) in [7, 11) is 0. The average molecular weight is 539 g/mol. The van der Waals surface area contributed by atoms with Gasteiger partial charge in [0, 0.05) is 19.4 Å². The fraction of sp³-hybridized carbons (Fsp3) is 0.448. The molecule has 10 heteroatoms. The molecule has 10 nitrogen and oxygen atoms in total. The van der Waals surface area contributed by atoms with Crippen molar-refractivity contribution in [1.82, 2.24) is 16.0 Å². The van der Waals surface area contributed by atoms with Crippen LogP contribution in [0.5, 0.6) is 0 Å². The van der Waals surface area contributed by atoms with E-state index in [4.69, 9.17) is 11.5 Å². The number of nitrogens with one attached hydrogen (secondary N) is 3. The zero-order valence-corrected chi connectivity index (χ0v) is 22.8. The maximum atomic E-state index is 13.4. The van der Waals surface area contributed by atoms with E-state index in [0.29, 0.717) is 25.8 Å². The second kappa shape index (κ2) is 16.8. The van der Waals surface area contributed by atoms with Crippen LogP contribution >= 0.6 is 0 Å². The van der Waals surface area contributed by atoms with E-state index in [2.05, 4.69) is 20.9 Å². The van der Waals surface area contributed by atoms with Gasteiger partial charge in [-0.1, -0.05) is 74.5 Å². The third-order valence-corrected chi connectivity index (χ3v) is 6.02. The Morgan fingerprint density at radius 1 is 0.821 bits per heavy atom. The predicted molar refractivity (Wildman–Crippen MR) is 153 cm³/mol. The standard InChI is InChI=1S/C29H42N6O4/c1-20(2)16-24(27(38)33-23(19-36)17-21-10-5-3-6-11-21)35-28(39)25(18-22-12-7-4-8-13-22)34-26(37)14-9-15-32-29(30)31/h3-8,10-13,20,23-25,36H,9,14-19H2,1-2H3,(H,33,38)(H,34,37)(H,35,39)(H4,30,31,32)/t23-,24-,25-/m0/s1. The minimum atomic E-state index is -0.886. The number of aliphatic hydroxyl groups excluding tert-OH is 1. The van der Waals surface area contributed by atoms with Crippen LogP contribution in [0.2, 0.25) is 0 Å². The molecule has 3 atom stereocenters. The third kappa shape index (κ3) is 12.4. The molecular formula is C29H42N6O4. The topological polar surface area (TPSA) is 172 Å². The van der Waals surface area contributed by atoms with Gasteiger partial charge in [-0.2, -0.15) is 0 Å². The molecule has 212 valence electrons. The van der Waals surface area contributed by atoms with Crippen molar-refractivity contribution in [3.8, 4) is 0 Å². The Kier molecular flexibility index (Phi) is 13.5. The lowest BCUT2D eigenvalue weighted by Crippen LogP contribution is -2.56. The molecule has 0 aliphatic heterocycles. The van der Waals surface area contributed by atoms with Crippen LogP contribution in [0.15, 0.2) is 65.7 Å². The van der Waals surface area contributed by atoms with Crippen molar-refractivity contribution in [2.45, 2.75) is 64.1 Å². The number of carbonyl (C=O) groups excluding carboxylic acids is 3. The molecule has 0 heterocycles. The minimum Gasteiger partial charge on any atom is -0.394 e. The molecule has 8 N–H and O–H groups in total. The van der Waals surface area contributed by atoms with E-state index < -0.39 is 24.0 Å². The van der Waals surface area contributed by atoms with Crippen molar-refractivity contribution in [3.63, 3.8) is 0 Å². The van der Waals surface area contributed by atoms with Gasteiger partial charge in [0.1, 0.15) is 12.1 Å². The Bertz CT molecular complexity index is 1060. The summed E-state index contributed by atoms with van der Waals surface area (Å²) in [5.74, 6) is -1.08. The van der Waals surface area contributed by atoms with E-state index in [0.717, 1.165) is 11.1 Å². The molecule has 0 bridgehead atoms. The second-order valence-corrected chi connectivity index (χ2v) is 9.99. The maximum absolute atomic E-state index is 13.4. The summed E-state index contributed by atoms with van der Waals surface area (Å²) in [5, 5.41) is 18.4. The first-order chi connectivity index (χ1) is 18.7. The Morgan fingerprint density at radius 2 is 1.38 bits per heavy atom. The van der Waals surface area contributed by atoms with Crippen LogP contribution in [0.1, 0.15) is 44.2 Å². The minimum absolute atomic E-state index is 0.0431. The highest BCUT2D eigenvalue weighted by atomic mass is 16.3. The molecule has 2 aromatic rings. The van der Waals surface area contributed by atoms with Gasteiger partial charge in [0.15, 0.2) is 5.96 Å². The second-order valence-electron chi connectivity index (χ2n) is 9.99. The zero-order chi connectivity index (χ0) is 28.6. The molecule has 3 amide bonds. The number of amides is 3. The van der Waals surface area contributed by atoms with Crippen molar-refractivity contribution in [2.24, 2.45) is 22.4 Å². The Morgan fingerprint density at radius 3 is 1.92 bits per heavy atom. The smallest absolute Gasteiger partial charge is 0.243 e. The molecule has 0 saturated carbocycles. The van der Waals surface area contributed by atoms with Gasteiger partial charge >= 0.3 is 0 Å². The maximum Gasteiger partial charge on any atom is 0.243 e. The lowest BCUT2D eigenvalue weighted by atomic mass is 10.00. The number of benzene rings is 2. The highest BCUT2D eigenvalue weighted by molar-refractivity contribution is 5.92. The highest BCUT2D eigenvalue weighted by Gasteiger charge is 2.28. The van der Waals surface area contributed by atoms with Crippen LogP contribution in [0.4, 0.5) is 0 Å². The van der Waals surface area contributed by atoms with Crippen LogP contribution in [-0.4, -0.2) is 60.1 Å². The normalized spacial score (nSPS) is 13.1. The Balaban J connectivity index is 2.11. The number of aliphatic imine (C=N–C) groups is 1. The molecule has 39 heavy (non-hydrogen) atoms. The van der Waals surface area contributed by atoms with Gasteiger partial charge in [0.2, 0.25) is 17.7 Å². The van der Waals surface area contributed by atoms with Crippen LogP contribution in [-0.2, 0) is 27.2 Å². The average Bonchev–Trinajstić information content (AvgIpc) is 2.90. The Hall–Kier alpha value is -3.92. The summed E-state index contributed by atoms with van der Waals surface area (Å²) in [4.78, 5) is 43.2. The summed E-state index contributed by atoms with van der Waals surface area (Å²) < 4.78 is 0. The summed E-state index contributed by atoms with van der Waals surface area (Å²) in [6, 6.07) is 16.7. The van der Waals surface area contributed by atoms with Crippen molar-refractivity contribution < 1.29 is 19.5 Å². The number of guanidine groups is 1. The molecular weight excluding hydrogens is 496 g/mol. The monoisotopic (exact) mass is 538 g/mol. The molecule has 0 radical (unpaired) electrons. The van der Waals surface area contributed by atoms with E-state index in [9.17, 15) is 19.5 Å². The predicted octanol–water partition coefficient (Wildman–Crippen LogP) is 1.02. The van der Waals surface area contributed by atoms with Crippen LogP contribution < -0.4 is 27.4 Å². The van der Waals surface area contributed by atoms with E-state index in [1.165, 1.54) is 0 Å². The van der Waals surface area contributed by atoms with Gasteiger partial charge < -0.3 is 32.5 Å². The quantitative estimate of drug-likeness (QED) is 0.106. The van der Waals surface area contributed by atoms with Gasteiger partial charge in [0.25, 0.3) is 0 Å². The number of rotatable bonds is 16. The lowest BCUT2D eigenvalue weighted by Gasteiger charge is -2.26. The third-order valence-electron chi connectivity index (χ3n) is 6.02. The molecule has 2 rings (SSSR count). The fourth-order valence-electron chi connectivity index (χ4n) is 4.11. The van der Waals surface area contributed by atoms with Gasteiger partial charge in [-0.05, 0) is 36.3 Å². The van der Waals surface area contributed by atoms with Crippen LogP contribution in [0, 0.1) is 5.92 Å². The van der Waals surface area contributed by atoms with E-state index in [1.807, 2.05) is 74.5 Å². The van der Waals surface area contributed by atoms with Gasteiger partial charge in [-0.3, -0.25) is 19.4 Å². The van der Waals surface area contributed by atoms with Gasteiger partial charge in [-0.15, -0.1) is 0 Å². The number of aliphatic hydroxyl groups is 1. The molecule has 0 spiro atoms. The van der Waals surface area contributed by atoms with E-state index >= 15 is 0 Å². The zero-order valence-electron chi connectivity index (χ0n) is 22.8. The number of nitrogens with zero attached hydrogens (tertiary/aromatic N) is 1. The van der Waals surface area contributed by atoms with Crippen molar-refractivity contribution in [2.75, 3.05) is 13.2 Å². The van der Waals surface area contributed by atoms with E-state index in [1.54, 1.807) is 0 Å². The summed E-state index contributed by atoms with van der Waals surface area (Å²) in [6.07, 6.45) is 1.67. The first-order valence-electron chi connectivity index (χ1n) is 13.3. The van der Waals surface area contributed by atoms with Gasteiger partial charge in [-0.25, -0.2) is 0 Å². The summed E-state index contributed by atoms with van der Waals surface area (Å²) >= 11 is 0. The number of nitrogens with two attached hydrogens (primary N) is 2. The van der Waals surface area contributed by atoms with E-state index in [-0.39, 0.29) is 43.1 Å². The SMILES string of the molecule is CC(C)C[C@H](NC(=O)[C@H](Cc1ccccc1)NC(=O)CCCN=C(N)N)C(=O)N[C@H](CO)Cc1ccccc1. The Labute approximate surface area is 230 Å². The first kappa shape index (κ1) is 31.3. The molecule has 0 fully saturated rings. The molecule has 0 aliphatic rings. The number of carbonyl (C=O) groups is 3. The first-order valence-corrected chi connectivity index (χ1v) is 13.3. The molecule has 0 aromatic heterocycles. The van der Waals surface area contributed by atoms with Crippen LogP contribution in [0.3, 0.4) is 0 Å². The number of hydrogen-bond donors (Lipinski definition) is 6. The number of hydrogen-bond acceptors (Lipinski definition) is 5. The molecule has 2 aromatic carbocycles. The fourth-order valence-corrected chi connectivity index (χ4v) is 4.11. The molecule has 0 saturated heterocycles.